The van der Waals surface area contributed by atoms with Crippen molar-refractivity contribution >= 4 is 23.9 Å². The van der Waals surface area contributed by atoms with E-state index in [1.54, 1.807) is 48.5 Å². The van der Waals surface area contributed by atoms with Gasteiger partial charge in [0, 0.05) is 6.54 Å². The Labute approximate surface area is 154 Å². The molecule has 0 heterocycles. The highest BCUT2D eigenvalue weighted by Crippen LogP contribution is 2.08. The minimum Gasteiger partial charge on any atom is -0.464 e. The molecule has 0 bridgehead atoms. The van der Waals surface area contributed by atoms with E-state index in [9.17, 15) is 19.2 Å². The number of carbonyl (C=O) groups excluding carboxylic acids is 4. The first-order valence-electron chi connectivity index (χ1n) is 8.41. The fourth-order valence-electron chi connectivity index (χ4n) is 1.66. The van der Waals surface area contributed by atoms with E-state index in [2.05, 4.69) is 10.6 Å². The number of hydrogen-bond acceptors (Lipinski definition) is 7. The molecule has 1 atom stereocenters. The van der Waals surface area contributed by atoms with Crippen LogP contribution in [0.2, 0.25) is 0 Å². The maximum absolute atomic E-state index is 12.2. The van der Waals surface area contributed by atoms with Gasteiger partial charge in [-0.05, 0) is 48.5 Å². The minimum atomic E-state index is -1.58. The third-order valence-electron chi connectivity index (χ3n) is 2.49. The van der Waals surface area contributed by atoms with Gasteiger partial charge in [-0.2, -0.15) is 0 Å². The lowest BCUT2D eigenvalue weighted by Gasteiger charge is -2.22. The second kappa shape index (κ2) is 9.98. The number of ether oxygens (including phenoxy) is 3. The van der Waals surface area contributed by atoms with E-state index in [0.717, 1.165) is 0 Å². The predicted octanol–water partition coefficient (Wildman–Crippen LogP) is 1.29. The average Bonchev–Trinajstić information content (AvgIpc) is 2.40. The number of esters is 2. The predicted molar refractivity (Wildman–Crippen MR) is 93.3 cm³/mol. The molecule has 0 aromatic rings. The molecular formula is C17H30N2O7. The Morgan fingerprint density at radius 2 is 1.46 bits per heavy atom. The van der Waals surface area contributed by atoms with Gasteiger partial charge in [0.15, 0.2) is 0 Å². The van der Waals surface area contributed by atoms with Crippen LogP contribution in [0.3, 0.4) is 0 Å². The van der Waals surface area contributed by atoms with Gasteiger partial charge in [-0.25, -0.2) is 9.59 Å². The normalized spacial score (nSPS) is 12.6. The topological polar surface area (TPSA) is 120 Å². The van der Waals surface area contributed by atoms with E-state index >= 15 is 0 Å². The Kier molecular flexibility index (Phi) is 9.09. The van der Waals surface area contributed by atoms with Crippen molar-refractivity contribution in [3.63, 3.8) is 0 Å². The number of amides is 2. The van der Waals surface area contributed by atoms with Gasteiger partial charge in [0.2, 0.25) is 6.04 Å². The molecule has 0 aromatic carbocycles. The molecule has 0 unspecified atom stereocenters. The Hall–Kier alpha value is -2.32. The van der Waals surface area contributed by atoms with Crippen molar-refractivity contribution < 1.29 is 33.4 Å². The summed E-state index contributed by atoms with van der Waals surface area (Å²) in [5.41, 5.74) is -1.43. The summed E-state index contributed by atoms with van der Waals surface area (Å²) < 4.78 is 14.9. The van der Waals surface area contributed by atoms with Crippen molar-refractivity contribution in [2.75, 3.05) is 13.2 Å². The fraction of sp³-hybridized carbons (Fsp3) is 0.765. The standard InChI is InChI=1S/C17H30N2O7/c1-8-24-14(22)12(19-15(23)26-17(5,6)7)13(21)18-10-9-11(20)25-16(2,3)4/h12H,8-10H2,1-7H3,(H,18,21)(H,19,23)/t12-/m0/s1. The zero-order valence-corrected chi connectivity index (χ0v) is 16.6. The molecule has 2 amide bonds. The Bertz CT molecular complexity index is 518. The van der Waals surface area contributed by atoms with Crippen molar-refractivity contribution in [2.24, 2.45) is 0 Å². The third kappa shape index (κ3) is 11.3. The zero-order valence-electron chi connectivity index (χ0n) is 16.6. The van der Waals surface area contributed by atoms with E-state index in [4.69, 9.17) is 14.2 Å². The van der Waals surface area contributed by atoms with E-state index in [-0.39, 0.29) is 19.6 Å². The van der Waals surface area contributed by atoms with Gasteiger partial charge in [-0.3, -0.25) is 14.9 Å². The molecule has 2 N–H and O–H groups in total. The third-order valence-corrected chi connectivity index (χ3v) is 2.49. The number of hydrogen-bond donors (Lipinski definition) is 2. The summed E-state index contributed by atoms with van der Waals surface area (Å²) >= 11 is 0. The Morgan fingerprint density at radius 3 is 1.92 bits per heavy atom. The molecule has 0 aromatic heterocycles. The highest BCUT2D eigenvalue weighted by atomic mass is 16.6. The molecule has 0 saturated heterocycles. The summed E-state index contributed by atoms with van der Waals surface area (Å²) in [5.74, 6) is -2.23. The highest BCUT2D eigenvalue weighted by molar-refractivity contribution is 6.04. The van der Waals surface area contributed by atoms with Crippen LogP contribution >= 0.6 is 0 Å². The number of rotatable bonds is 7. The average molecular weight is 374 g/mol. The molecule has 0 radical (unpaired) electrons. The first kappa shape index (κ1) is 23.7. The van der Waals surface area contributed by atoms with Gasteiger partial charge in [0.25, 0.3) is 5.91 Å². The van der Waals surface area contributed by atoms with Crippen LogP contribution in [0.4, 0.5) is 4.79 Å². The van der Waals surface area contributed by atoms with E-state index in [1.165, 1.54) is 0 Å². The maximum atomic E-state index is 12.2. The summed E-state index contributed by atoms with van der Waals surface area (Å²) in [7, 11) is 0. The van der Waals surface area contributed by atoms with Crippen molar-refractivity contribution in [3.8, 4) is 0 Å². The van der Waals surface area contributed by atoms with E-state index < -0.39 is 41.2 Å². The summed E-state index contributed by atoms with van der Waals surface area (Å²) in [4.78, 5) is 47.6. The molecule has 0 rings (SSSR count). The molecule has 0 spiro atoms. The van der Waals surface area contributed by atoms with Crippen molar-refractivity contribution in [1.82, 2.24) is 10.6 Å². The molecule has 0 aliphatic heterocycles. The molecule has 9 heteroatoms. The Morgan fingerprint density at radius 1 is 0.923 bits per heavy atom. The van der Waals surface area contributed by atoms with Gasteiger partial charge in [-0.15, -0.1) is 0 Å². The maximum Gasteiger partial charge on any atom is 0.408 e. The summed E-state index contributed by atoms with van der Waals surface area (Å²) in [6.45, 7) is 11.7. The summed E-state index contributed by atoms with van der Waals surface area (Å²) in [5, 5.41) is 4.57. The molecule has 26 heavy (non-hydrogen) atoms. The van der Waals surface area contributed by atoms with Crippen LogP contribution < -0.4 is 10.6 Å². The van der Waals surface area contributed by atoms with Crippen LogP contribution in [-0.4, -0.2) is 54.3 Å². The lowest BCUT2D eigenvalue weighted by atomic mass is 10.2. The quantitative estimate of drug-likeness (QED) is 0.391. The van der Waals surface area contributed by atoms with Crippen LogP contribution in [0.25, 0.3) is 0 Å². The first-order chi connectivity index (χ1) is 11.7. The highest BCUT2D eigenvalue weighted by Gasteiger charge is 2.31. The van der Waals surface area contributed by atoms with Gasteiger partial charge in [0.1, 0.15) is 11.2 Å². The van der Waals surface area contributed by atoms with Crippen LogP contribution in [0.15, 0.2) is 0 Å². The molecule has 9 nitrogen and oxygen atoms in total. The van der Waals surface area contributed by atoms with Crippen LogP contribution in [0, 0.1) is 0 Å². The van der Waals surface area contributed by atoms with Gasteiger partial charge < -0.3 is 19.5 Å². The molecule has 0 aliphatic carbocycles. The zero-order chi connectivity index (χ0) is 20.5. The second-order valence-electron chi connectivity index (χ2n) is 7.46. The van der Waals surface area contributed by atoms with Crippen molar-refractivity contribution in [3.05, 3.63) is 0 Å². The number of carbonyl (C=O) groups is 4. The smallest absolute Gasteiger partial charge is 0.408 e. The van der Waals surface area contributed by atoms with Crippen LogP contribution in [0.5, 0.6) is 0 Å². The summed E-state index contributed by atoms with van der Waals surface area (Å²) in [6, 6.07) is -1.58. The second-order valence-corrected chi connectivity index (χ2v) is 7.46. The lowest BCUT2D eigenvalue weighted by molar-refractivity contribution is -0.154. The minimum absolute atomic E-state index is 0.0382. The monoisotopic (exact) mass is 374 g/mol. The first-order valence-corrected chi connectivity index (χ1v) is 8.41. The molecular weight excluding hydrogens is 344 g/mol. The van der Waals surface area contributed by atoms with Crippen molar-refractivity contribution in [2.45, 2.75) is 72.1 Å². The van der Waals surface area contributed by atoms with Gasteiger partial charge in [0.05, 0.1) is 13.0 Å². The fourth-order valence-corrected chi connectivity index (χ4v) is 1.66. The van der Waals surface area contributed by atoms with E-state index in [1.807, 2.05) is 0 Å². The Balaban J connectivity index is 4.73. The number of nitrogens with one attached hydrogen (secondary N) is 2. The lowest BCUT2D eigenvalue weighted by Crippen LogP contribution is -2.53. The number of alkyl carbamates (subject to hydrolysis) is 1. The molecule has 0 saturated carbocycles. The van der Waals surface area contributed by atoms with Crippen LogP contribution in [0.1, 0.15) is 54.9 Å². The molecule has 150 valence electrons. The van der Waals surface area contributed by atoms with Gasteiger partial charge in [-0.1, -0.05) is 0 Å². The largest absolute Gasteiger partial charge is 0.464 e. The SMILES string of the molecule is CCOC(=O)[C@@H](NC(=O)OC(C)(C)C)C(=O)NCCC(=O)OC(C)(C)C. The van der Waals surface area contributed by atoms with Crippen LogP contribution in [-0.2, 0) is 28.6 Å². The summed E-state index contributed by atoms with van der Waals surface area (Å²) in [6.07, 6.45) is -1.01. The van der Waals surface area contributed by atoms with E-state index in [0.29, 0.717) is 0 Å². The van der Waals surface area contributed by atoms with Crippen molar-refractivity contribution in [1.29, 1.82) is 0 Å². The van der Waals surface area contributed by atoms with Gasteiger partial charge >= 0.3 is 18.0 Å². The molecule has 0 fully saturated rings. The molecule has 0 aliphatic rings.